The fourth-order valence-corrected chi connectivity index (χ4v) is 1.68. The van der Waals surface area contributed by atoms with Gasteiger partial charge >= 0.3 is 0 Å². The molecule has 0 aliphatic heterocycles. The molecule has 0 aromatic carbocycles. The average Bonchev–Trinajstić information content (AvgIpc) is 2.59. The molecule has 0 unspecified atom stereocenters. The van der Waals surface area contributed by atoms with Gasteiger partial charge in [0.05, 0.1) is 30.3 Å². The van der Waals surface area contributed by atoms with E-state index in [0.717, 1.165) is 11.3 Å². The number of pyridine rings is 1. The Labute approximate surface area is 97.8 Å². The molecule has 5 nitrogen and oxygen atoms in total. The molecule has 2 rings (SSSR count). The van der Waals surface area contributed by atoms with E-state index in [2.05, 4.69) is 10.1 Å². The van der Waals surface area contributed by atoms with Gasteiger partial charge in [-0.25, -0.2) is 4.98 Å². The smallest absolute Gasteiger partial charge is 0.224 e. The van der Waals surface area contributed by atoms with Crippen LogP contribution in [0.15, 0.2) is 18.3 Å². The topological polar surface area (TPSA) is 66.0 Å². The van der Waals surface area contributed by atoms with Crippen molar-refractivity contribution in [2.24, 2.45) is 7.05 Å². The van der Waals surface area contributed by atoms with Crippen molar-refractivity contribution >= 4 is 17.3 Å². The number of aromatic nitrogens is 3. The van der Waals surface area contributed by atoms with Crippen LogP contribution in [0.25, 0.3) is 11.3 Å². The molecule has 2 aromatic rings. The molecule has 0 amide bonds. The van der Waals surface area contributed by atoms with Crippen LogP contribution >= 0.6 is 11.6 Å². The van der Waals surface area contributed by atoms with Gasteiger partial charge in [-0.2, -0.15) is 5.10 Å². The highest BCUT2D eigenvalue weighted by Gasteiger charge is 2.14. The van der Waals surface area contributed by atoms with Crippen molar-refractivity contribution in [3.05, 3.63) is 23.5 Å². The minimum absolute atomic E-state index is 0.376. The van der Waals surface area contributed by atoms with Gasteiger partial charge in [0.2, 0.25) is 5.88 Å². The van der Waals surface area contributed by atoms with Gasteiger partial charge in [-0.05, 0) is 12.1 Å². The number of nitrogens with zero attached hydrogens (tertiary/aromatic N) is 3. The van der Waals surface area contributed by atoms with Crippen LogP contribution in [-0.2, 0) is 7.05 Å². The lowest BCUT2D eigenvalue weighted by Crippen LogP contribution is -1.99. The molecule has 0 fully saturated rings. The molecule has 0 bridgehead atoms. The molecular formula is C10H11ClN4O. The average molecular weight is 239 g/mol. The Balaban J connectivity index is 2.64. The van der Waals surface area contributed by atoms with Crippen LogP contribution in [0, 0.1) is 0 Å². The predicted octanol–water partition coefficient (Wildman–Crippen LogP) is 1.73. The number of nitrogen functional groups attached to an aromatic ring is 1. The molecule has 0 radical (unpaired) electrons. The second kappa shape index (κ2) is 4.02. The lowest BCUT2D eigenvalue weighted by molar-refractivity contribution is 0.399. The Morgan fingerprint density at radius 3 is 2.75 bits per heavy atom. The van der Waals surface area contributed by atoms with Gasteiger partial charge in [0.15, 0.2) is 0 Å². The first kappa shape index (κ1) is 10.8. The third-order valence-electron chi connectivity index (χ3n) is 2.24. The van der Waals surface area contributed by atoms with Crippen LogP contribution in [0.3, 0.4) is 0 Å². The van der Waals surface area contributed by atoms with Gasteiger partial charge in [0.25, 0.3) is 0 Å². The van der Waals surface area contributed by atoms with Crippen LogP contribution < -0.4 is 10.5 Å². The van der Waals surface area contributed by atoms with Crippen LogP contribution in [0.2, 0.25) is 5.15 Å². The van der Waals surface area contributed by atoms with Crippen molar-refractivity contribution < 1.29 is 4.74 Å². The first-order valence-electron chi connectivity index (χ1n) is 4.62. The summed E-state index contributed by atoms with van der Waals surface area (Å²) >= 11 is 5.79. The maximum atomic E-state index is 5.84. The number of hydrogen-bond acceptors (Lipinski definition) is 4. The highest BCUT2D eigenvalue weighted by atomic mass is 35.5. The summed E-state index contributed by atoms with van der Waals surface area (Å²) in [6, 6.07) is 3.49. The molecule has 0 spiro atoms. The van der Waals surface area contributed by atoms with Crippen molar-refractivity contribution in [1.29, 1.82) is 0 Å². The van der Waals surface area contributed by atoms with E-state index >= 15 is 0 Å². The fraction of sp³-hybridized carbons (Fsp3) is 0.200. The zero-order chi connectivity index (χ0) is 11.7. The first-order chi connectivity index (χ1) is 7.63. The minimum atomic E-state index is 0.376. The van der Waals surface area contributed by atoms with Gasteiger partial charge in [0.1, 0.15) is 5.15 Å². The van der Waals surface area contributed by atoms with E-state index in [1.807, 2.05) is 6.07 Å². The van der Waals surface area contributed by atoms with Gasteiger partial charge in [-0.15, -0.1) is 0 Å². The third kappa shape index (κ3) is 1.69. The number of halogens is 1. The maximum absolute atomic E-state index is 5.84. The zero-order valence-electron chi connectivity index (χ0n) is 8.94. The number of aryl methyl sites for hydroxylation is 1. The molecule has 2 N–H and O–H groups in total. The Hall–Kier alpha value is -1.75. The lowest BCUT2D eigenvalue weighted by atomic mass is 10.2. The van der Waals surface area contributed by atoms with Crippen LogP contribution in [0.1, 0.15) is 0 Å². The zero-order valence-corrected chi connectivity index (χ0v) is 9.69. The van der Waals surface area contributed by atoms with E-state index in [9.17, 15) is 0 Å². The van der Waals surface area contributed by atoms with E-state index in [0.29, 0.717) is 16.7 Å². The van der Waals surface area contributed by atoms with E-state index < -0.39 is 0 Å². The van der Waals surface area contributed by atoms with Crippen molar-refractivity contribution in [3.8, 4) is 17.1 Å². The SMILES string of the molecule is COc1nc(Cl)ccc1-c1c(N)cnn1C. The normalized spacial score (nSPS) is 10.4. The number of methoxy groups -OCH3 is 1. The van der Waals surface area contributed by atoms with Crippen molar-refractivity contribution in [1.82, 2.24) is 14.8 Å². The Morgan fingerprint density at radius 1 is 1.44 bits per heavy atom. The molecule has 0 aliphatic rings. The highest BCUT2D eigenvalue weighted by molar-refractivity contribution is 6.29. The predicted molar refractivity (Wildman–Crippen MR) is 62.4 cm³/mol. The van der Waals surface area contributed by atoms with E-state index in [4.69, 9.17) is 22.1 Å². The van der Waals surface area contributed by atoms with Crippen molar-refractivity contribution in [3.63, 3.8) is 0 Å². The van der Waals surface area contributed by atoms with Crippen molar-refractivity contribution in [2.45, 2.75) is 0 Å². The van der Waals surface area contributed by atoms with E-state index in [1.54, 1.807) is 24.0 Å². The molecule has 0 saturated carbocycles. The number of ether oxygens (including phenoxy) is 1. The number of hydrogen-bond donors (Lipinski definition) is 1. The molecule has 0 saturated heterocycles. The molecule has 2 heterocycles. The lowest BCUT2D eigenvalue weighted by Gasteiger charge is -2.08. The summed E-state index contributed by atoms with van der Waals surface area (Å²) in [5, 5.41) is 4.44. The Bertz CT molecular complexity index is 504. The fourth-order valence-electron chi connectivity index (χ4n) is 1.54. The van der Waals surface area contributed by atoms with Gasteiger partial charge in [0, 0.05) is 7.05 Å². The van der Waals surface area contributed by atoms with E-state index in [1.165, 1.54) is 7.11 Å². The standard InChI is InChI=1S/C10H11ClN4O/c1-15-9(7(12)5-13-15)6-3-4-8(11)14-10(6)16-2/h3-5H,12H2,1-2H3. The summed E-state index contributed by atoms with van der Waals surface area (Å²) < 4.78 is 6.84. The third-order valence-corrected chi connectivity index (χ3v) is 2.45. The van der Waals surface area contributed by atoms with Crippen molar-refractivity contribution in [2.75, 3.05) is 12.8 Å². The number of nitrogens with two attached hydrogens (primary N) is 1. The van der Waals surface area contributed by atoms with E-state index in [-0.39, 0.29) is 0 Å². The number of anilines is 1. The quantitative estimate of drug-likeness (QED) is 0.810. The van der Waals surface area contributed by atoms with Gasteiger partial charge in [-0.1, -0.05) is 11.6 Å². The van der Waals surface area contributed by atoms with Crippen LogP contribution in [0.5, 0.6) is 5.88 Å². The largest absolute Gasteiger partial charge is 0.480 e. The van der Waals surface area contributed by atoms with Gasteiger partial charge < -0.3 is 10.5 Å². The molecule has 6 heteroatoms. The maximum Gasteiger partial charge on any atom is 0.224 e. The van der Waals surface area contributed by atoms with Crippen LogP contribution in [0.4, 0.5) is 5.69 Å². The molecule has 2 aromatic heterocycles. The molecule has 84 valence electrons. The monoisotopic (exact) mass is 238 g/mol. The van der Waals surface area contributed by atoms with Crippen LogP contribution in [-0.4, -0.2) is 21.9 Å². The molecule has 0 aliphatic carbocycles. The minimum Gasteiger partial charge on any atom is -0.480 e. The summed E-state index contributed by atoms with van der Waals surface area (Å²) in [5.74, 6) is 0.433. The summed E-state index contributed by atoms with van der Waals surface area (Å²) in [6.07, 6.45) is 1.59. The first-order valence-corrected chi connectivity index (χ1v) is 4.99. The summed E-state index contributed by atoms with van der Waals surface area (Å²) in [6.45, 7) is 0. The highest BCUT2D eigenvalue weighted by Crippen LogP contribution is 2.32. The second-order valence-electron chi connectivity index (χ2n) is 3.26. The summed E-state index contributed by atoms with van der Waals surface area (Å²) in [4.78, 5) is 4.08. The number of rotatable bonds is 2. The summed E-state index contributed by atoms with van der Waals surface area (Å²) in [5.41, 5.74) is 7.94. The summed E-state index contributed by atoms with van der Waals surface area (Å²) in [7, 11) is 3.34. The van der Waals surface area contributed by atoms with Gasteiger partial charge in [-0.3, -0.25) is 4.68 Å². The Morgan fingerprint density at radius 2 is 2.19 bits per heavy atom. The molecular weight excluding hydrogens is 228 g/mol. The Kier molecular flexibility index (Phi) is 2.70. The second-order valence-corrected chi connectivity index (χ2v) is 3.65. The molecule has 0 atom stereocenters. The molecule has 16 heavy (non-hydrogen) atoms.